The molecule has 1 rings (SSSR count). The van der Waals surface area contributed by atoms with Crippen LogP contribution in [0, 0.1) is 11.3 Å². The van der Waals surface area contributed by atoms with E-state index in [0.29, 0.717) is 0 Å². The van der Waals surface area contributed by atoms with Gasteiger partial charge in [0.25, 0.3) is 0 Å². The van der Waals surface area contributed by atoms with Crippen molar-refractivity contribution in [3.05, 3.63) is 0 Å². The summed E-state index contributed by atoms with van der Waals surface area (Å²) >= 11 is 0. The molecule has 0 aromatic rings. The lowest BCUT2D eigenvalue weighted by molar-refractivity contribution is -0.142. The van der Waals surface area contributed by atoms with Crippen LogP contribution < -0.4 is 10.7 Å². The summed E-state index contributed by atoms with van der Waals surface area (Å²) in [4.78, 5) is 22.3. The molecular formula is C9H14N4O2. The number of amides is 2. The van der Waals surface area contributed by atoms with Crippen molar-refractivity contribution in [1.29, 1.82) is 5.26 Å². The highest BCUT2D eigenvalue weighted by Crippen LogP contribution is 2.05. The summed E-state index contributed by atoms with van der Waals surface area (Å²) in [5, 5.41) is 12.1. The van der Waals surface area contributed by atoms with E-state index in [2.05, 4.69) is 10.7 Å². The van der Waals surface area contributed by atoms with Crippen molar-refractivity contribution in [3.8, 4) is 6.07 Å². The van der Waals surface area contributed by atoms with Crippen LogP contribution in [-0.2, 0) is 9.59 Å². The Labute approximate surface area is 88.2 Å². The van der Waals surface area contributed by atoms with Crippen LogP contribution in [0.15, 0.2) is 0 Å². The number of nitrogens with one attached hydrogen (secondary N) is 2. The van der Waals surface area contributed by atoms with Crippen molar-refractivity contribution >= 4 is 11.8 Å². The van der Waals surface area contributed by atoms with E-state index in [1.54, 1.807) is 11.1 Å². The molecule has 6 nitrogen and oxygen atoms in total. The van der Waals surface area contributed by atoms with E-state index in [0.717, 1.165) is 32.4 Å². The predicted octanol–water partition coefficient (Wildman–Crippen LogP) is -0.857. The Morgan fingerprint density at radius 2 is 1.87 bits per heavy atom. The molecule has 0 bridgehead atoms. The molecule has 0 aromatic carbocycles. The van der Waals surface area contributed by atoms with E-state index in [-0.39, 0.29) is 6.54 Å². The van der Waals surface area contributed by atoms with Gasteiger partial charge < -0.3 is 5.32 Å². The minimum atomic E-state index is -0.762. The largest absolute Gasteiger partial charge is 0.335 e. The zero-order chi connectivity index (χ0) is 11.1. The SMILES string of the molecule is N#CCNC(=O)C(=O)NN1CCCCC1. The van der Waals surface area contributed by atoms with Crippen LogP contribution >= 0.6 is 0 Å². The Morgan fingerprint density at radius 3 is 2.47 bits per heavy atom. The Bertz CT molecular complexity index is 278. The molecule has 1 aliphatic rings. The van der Waals surface area contributed by atoms with Gasteiger partial charge in [0.2, 0.25) is 0 Å². The van der Waals surface area contributed by atoms with Gasteiger partial charge in [-0.1, -0.05) is 6.42 Å². The molecule has 15 heavy (non-hydrogen) atoms. The molecule has 0 atom stereocenters. The first-order chi connectivity index (χ1) is 7.24. The average Bonchev–Trinajstić information content (AvgIpc) is 2.27. The van der Waals surface area contributed by atoms with Crippen LogP contribution in [-0.4, -0.2) is 36.5 Å². The van der Waals surface area contributed by atoms with Crippen molar-refractivity contribution in [3.63, 3.8) is 0 Å². The second-order valence-corrected chi connectivity index (χ2v) is 3.33. The lowest BCUT2D eigenvalue weighted by atomic mass is 10.2. The maximum Gasteiger partial charge on any atom is 0.323 e. The molecule has 2 N–H and O–H groups in total. The van der Waals surface area contributed by atoms with Gasteiger partial charge in [-0.05, 0) is 12.8 Å². The zero-order valence-corrected chi connectivity index (χ0v) is 8.45. The van der Waals surface area contributed by atoms with Crippen molar-refractivity contribution in [2.45, 2.75) is 19.3 Å². The van der Waals surface area contributed by atoms with Gasteiger partial charge in [-0.2, -0.15) is 5.26 Å². The predicted molar refractivity (Wildman–Crippen MR) is 52.2 cm³/mol. The summed E-state index contributed by atoms with van der Waals surface area (Å²) in [6, 6.07) is 1.73. The summed E-state index contributed by atoms with van der Waals surface area (Å²) in [5.41, 5.74) is 2.50. The minimum absolute atomic E-state index is 0.147. The highest BCUT2D eigenvalue weighted by molar-refractivity contribution is 6.34. The molecular weight excluding hydrogens is 196 g/mol. The zero-order valence-electron chi connectivity index (χ0n) is 8.45. The van der Waals surface area contributed by atoms with E-state index in [1.165, 1.54) is 0 Å². The Hall–Kier alpha value is -1.61. The fourth-order valence-electron chi connectivity index (χ4n) is 1.40. The van der Waals surface area contributed by atoms with E-state index in [9.17, 15) is 9.59 Å². The fourth-order valence-corrected chi connectivity index (χ4v) is 1.40. The van der Waals surface area contributed by atoms with Gasteiger partial charge >= 0.3 is 11.8 Å². The standard InChI is InChI=1S/C9H14N4O2/c10-4-5-11-8(14)9(15)12-13-6-2-1-3-7-13/h1-3,5-7H2,(H,11,14)(H,12,15). The molecule has 2 amide bonds. The topological polar surface area (TPSA) is 85.2 Å². The summed E-state index contributed by atoms with van der Waals surface area (Å²) in [5.74, 6) is -1.46. The molecule has 0 radical (unpaired) electrons. The number of hydrogen-bond acceptors (Lipinski definition) is 4. The van der Waals surface area contributed by atoms with Crippen LogP contribution in [0.2, 0.25) is 0 Å². The van der Waals surface area contributed by atoms with Gasteiger partial charge in [0.1, 0.15) is 6.54 Å². The van der Waals surface area contributed by atoms with Gasteiger partial charge in [-0.15, -0.1) is 0 Å². The van der Waals surface area contributed by atoms with Gasteiger partial charge in [0.05, 0.1) is 6.07 Å². The summed E-state index contributed by atoms with van der Waals surface area (Å²) in [6.45, 7) is 1.40. The number of hydrogen-bond donors (Lipinski definition) is 2. The van der Waals surface area contributed by atoms with Crippen LogP contribution in [0.3, 0.4) is 0 Å². The molecule has 0 saturated carbocycles. The number of carbonyl (C=O) groups is 2. The van der Waals surface area contributed by atoms with Crippen LogP contribution in [0.4, 0.5) is 0 Å². The second-order valence-electron chi connectivity index (χ2n) is 3.33. The monoisotopic (exact) mass is 210 g/mol. The third kappa shape index (κ3) is 3.95. The van der Waals surface area contributed by atoms with Crippen molar-refractivity contribution in [1.82, 2.24) is 15.8 Å². The normalized spacial score (nSPS) is 16.5. The molecule has 6 heteroatoms. The number of nitriles is 1. The Morgan fingerprint density at radius 1 is 1.20 bits per heavy atom. The lowest BCUT2D eigenvalue weighted by Gasteiger charge is -2.26. The Kier molecular flexibility index (Phi) is 4.57. The molecule has 1 heterocycles. The van der Waals surface area contributed by atoms with Crippen molar-refractivity contribution in [2.24, 2.45) is 0 Å². The van der Waals surface area contributed by atoms with Gasteiger partial charge in [-0.25, -0.2) is 5.01 Å². The van der Waals surface area contributed by atoms with E-state index in [1.807, 2.05) is 0 Å². The molecule has 82 valence electrons. The maximum atomic E-state index is 11.2. The minimum Gasteiger partial charge on any atom is -0.335 e. The van der Waals surface area contributed by atoms with Crippen LogP contribution in [0.1, 0.15) is 19.3 Å². The first-order valence-electron chi connectivity index (χ1n) is 4.95. The average molecular weight is 210 g/mol. The first kappa shape index (κ1) is 11.5. The Balaban J connectivity index is 2.27. The molecule has 0 unspecified atom stereocenters. The molecule has 0 aromatic heterocycles. The molecule has 1 fully saturated rings. The third-order valence-corrected chi connectivity index (χ3v) is 2.15. The van der Waals surface area contributed by atoms with Crippen LogP contribution in [0.5, 0.6) is 0 Å². The molecule has 0 spiro atoms. The quantitative estimate of drug-likeness (QED) is 0.459. The number of hydrazine groups is 1. The van der Waals surface area contributed by atoms with Crippen molar-refractivity contribution < 1.29 is 9.59 Å². The highest BCUT2D eigenvalue weighted by atomic mass is 16.2. The second kappa shape index (κ2) is 5.98. The van der Waals surface area contributed by atoms with E-state index < -0.39 is 11.8 Å². The van der Waals surface area contributed by atoms with E-state index >= 15 is 0 Å². The smallest absolute Gasteiger partial charge is 0.323 e. The lowest BCUT2D eigenvalue weighted by Crippen LogP contribution is -2.50. The first-order valence-corrected chi connectivity index (χ1v) is 4.95. The molecule has 1 saturated heterocycles. The molecule has 0 aliphatic carbocycles. The van der Waals surface area contributed by atoms with E-state index in [4.69, 9.17) is 5.26 Å². The highest BCUT2D eigenvalue weighted by Gasteiger charge is 2.17. The number of piperidine rings is 1. The van der Waals surface area contributed by atoms with Crippen molar-refractivity contribution in [2.75, 3.05) is 19.6 Å². The number of rotatable bonds is 2. The maximum absolute atomic E-state index is 11.2. The summed E-state index contributed by atoms with van der Waals surface area (Å²) < 4.78 is 0. The third-order valence-electron chi connectivity index (χ3n) is 2.15. The van der Waals surface area contributed by atoms with Crippen LogP contribution in [0.25, 0.3) is 0 Å². The van der Waals surface area contributed by atoms with Gasteiger partial charge in [0, 0.05) is 13.1 Å². The number of nitrogens with zero attached hydrogens (tertiary/aromatic N) is 2. The fraction of sp³-hybridized carbons (Fsp3) is 0.667. The van der Waals surface area contributed by atoms with Gasteiger partial charge in [0.15, 0.2) is 0 Å². The van der Waals surface area contributed by atoms with Gasteiger partial charge in [-0.3, -0.25) is 15.0 Å². The summed E-state index contributed by atoms with van der Waals surface area (Å²) in [7, 11) is 0. The molecule has 1 aliphatic heterocycles. The number of carbonyl (C=O) groups excluding carboxylic acids is 2. The summed E-state index contributed by atoms with van der Waals surface area (Å²) in [6.07, 6.45) is 3.22.